The first-order chi connectivity index (χ1) is 13.2. The molecule has 1 aliphatic heterocycles. The summed E-state index contributed by atoms with van der Waals surface area (Å²) in [4.78, 5) is 26.1. The molecular formula is C20H24N4O3. The van der Waals surface area contributed by atoms with Crippen LogP contribution in [0.15, 0.2) is 30.5 Å². The van der Waals surface area contributed by atoms with Gasteiger partial charge in [-0.25, -0.2) is 9.97 Å². The lowest BCUT2D eigenvalue weighted by Crippen LogP contribution is -2.47. The molecule has 2 N–H and O–H groups in total. The number of para-hydroxylation sites is 1. The molecule has 7 heteroatoms. The number of aliphatic hydroxyl groups is 1. The zero-order valence-corrected chi connectivity index (χ0v) is 15.2. The van der Waals surface area contributed by atoms with Gasteiger partial charge >= 0.3 is 0 Å². The zero-order valence-electron chi connectivity index (χ0n) is 15.2. The van der Waals surface area contributed by atoms with Gasteiger partial charge in [-0.2, -0.15) is 0 Å². The van der Waals surface area contributed by atoms with Crippen LogP contribution in [0.25, 0.3) is 0 Å². The number of aromatic hydroxyl groups is 1. The summed E-state index contributed by atoms with van der Waals surface area (Å²) in [5.41, 5.74) is 2.17. The van der Waals surface area contributed by atoms with E-state index in [9.17, 15) is 9.90 Å². The molecule has 2 heterocycles. The molecule has 142 valence electrons. The minimum Gasteiger partial charge on any atom is -0.508 e. The molecule has 2 aromatic rings. The van der Waals surface area contributed by atoms with Gasteiger partial charge in [0, 0.05) is 51.3 Å². The molecule has 4 rings (SSSR count). The third-order valence-corrected chi connectivity index (χ3v) is 5.47. The minimum atomic E-state index is -0.0599. The summed E-state index contributed by atoms with van der Waals surface area (Å²) in [7, 11) is 0. The first-order valence-corrected chi connectivity index (χ1v) is 9.41. The second kappa shape index (κ2) is 7.62. The lowest BCUT2D eigenvalue weighted by molar-refractivity contribution is 0.0962. The van der Waals surface area contributed by atoms with E-state index in [0.29, 0.717) is 30.9 Å². The van der Waals surface area contributed by atoms with Crippen molar-refractivity contribution in [2.24, 2.45) is 0 Å². The highest BCUT2D eigenvalue weighted by Crippen LogP contribution is 2.36. The number of aromatic nitrogens is 2. The fourth-order valence-electron chi connectivity index (χ4n) is 3.95. The van der Waals surface area contributed by atoms with Gasteiger partial charge in [0.1, 0.15) is 5.75 Å². The van der Waals surface area contributed by atoms with Gasteiger partial charge in [0.15, 0.2) is 5.78 Å². The largest absolute Gasteiger partial charge is 0.508 e. The van der Waals surface area contributed by atoms with Crippen LogP contribution in [-0.2, 0) is 6.42 Å². The molecule has 1 atom stereocenters. The molecule has 0 spiro atoms. The molecule has 0 radical (unpaired) electrons. The summed E-state index contributed by atoms with van der Waals surface area (Å²) in [5, 5.41) is 19.2. The van der Waals surface area contributed by atoms with Gasteiger partial charge < -0.3 is 15.1 Å². The molecule has 0 bridgehead atoms. The fourth-order valence-corrected chi connectivity index (χ4v) is 3.95. The molecule has 1 aromatic carbocycles. The molecule has 2 aliphatic rings. The number of phenolic OH excluding ortho intramolecular Hbond substituents is 1. The van der Waals surface area contributed by atoms with Crippen LogP contribution in [0.3, 0.4) is 0 Å². The topological polar surface area (TPSA) is 89.8 Å². The van der Waals surface area contributed by atoms with Gasteiger partial charge in [-0.1, -0.05) is 18.2 Å². The number of hydrogen-bond acceptors (Lipinski definition) is 7. The van der Waals surface area contributed by atoms with Gasteiger partial charge in [-0.15, -0.1) is 0 Å². The third-order valence-electron chi connectivity index (χ3n) is 5.47. The van der Waals surface area contributed by atoms with E-state index >= 15 is 0 Å². The van der Waals surface area contributed by atoms with E-state index < -0.39 is 0 Å². The lowest BCUT2D eigenvalue weighted by atomic mass is 9.82. The number of carbonyl (C=O) groups is 1. The molecule has 1 fully saturated rings. The van der Waals surface area contributed by atoms with Crippen LogP contribution in [0, 0.1) is 0 Å². The molecule has 0 amide bonds. The average Bonchev–Trinajstić information content (AvgIpc) is 2.69. The van der Waals surface area contributed by atoms with E-state index in [1.165, 1.54) is 0 Å². The highest BCUT2D eigenvalue weighted by molar-refractivity contribution is 5.98. The van der Waals surface area contributed by atoms with Crippen LogP contribution in [0.4, 0.5) is 5.95 Å². The smallest absolute Gasteiger partial charge is 0.225 e. The fraction of sp³-hybridized carbons (Fsp3) is 0.450. The Labute approximate surface area is 158 Å². The maximum Gasteiger partial charge on any atom is 0.225 e. The number of Topliss-reactive ketones (excluding diaryl/α,β-unsaturated/α-hetero) is 1. The number of hydrogen-bond donors (Lipinski definition) is 2. The highest BCUT2D eigenvalue weighted by Gasteiger charge is 2.30. The van der Waals surface area contributed by atoms with Gasteiger partial charge in [0.25, 0.3) is 0 Å². The molecule has 1 saturated heterocycles. The number of aliphatic hydroxyl groups excluding tert-OH is 1. The molecular weight excluding hydrogens is 344 g/mol. The first kappa shape index (κ1) is 17.9. The van der Waals surface area contributed by atoms with E-state index in [0.717, 1.165) is 37.4 Å². The number of rotatable bonds is 4. The van der Waals surface area contributed by atoms with E-state index in [1.807, 2.05) is 12.1 Å². The number of fused-ring (bicyclic) bond motifs is 1. The molecule has 27 heavy (non-hydrogen) atoms. The van der Waals surface area contributed by atoms with Crippen molar-refractivity contribution in [1.82, 2.24) is 14.9 Å². The standard InChI is InChI=1S/C20H24N4O3/c25-10-9-23-5-7-24(8-6-23)20-21-13-16-17(22-20)11-14(12-19(16)27)15-3-1-2-4-18(15)26/h1-4,13-14,25-26H,5-12H2/t14-/m0/s1. The minimum absolute atomic E-state index is 0.0313. The molecule has 1 aromatic heterocycles. The zero-order chi connectivity index (χ0) is 18.8. The van der Waals surface area contributed by atoms with Crippen molar-refractivity contribution in [3.05, 3.63) is 47.3 Å². The van der Waals surface area contributed by atoms with Crippen molar-refractivity contribution in [3.63, 3.8) is 0 Å². The van der Waals surface area contributed by atoms with Crippen LogP contribution in [0.5, 0.6) is 5.75 Å². The Morgan fingerprint density at radius 1 is 1.11 bits per heavy atom. The van der Waals surface area contributed by atoms with Gasteiger partial charge in [-0.3, -0.25) is 9.69 Å². The number of β-amino-alcohol motifs (C(OH)–C–C–N with tert-alkyl or cyclic N) is 1. The predicted molar refractivity (Wildman–Crippen MR) is 101 cm³/mol. The second-order valence-electron chi connectivity index (χ2n) is 7.17. The van der Waals surface area contributed by atoms with Crippen molar-refractivity contribution < 1.29 is 15.0 Å². The number of ketones is 1. The van der Waals surface area contributed by atoms with E-state index in [-0.39, 0.29) is 24.1 Å². The predicted octanol–water partition coefficient (Wildman–Crippen LogP) is 1.21. The van der Waals surface area contributed by atoms with Gasteiger partial charge in [-0.05, 0) is 18.1 Å². The summed E-state index contributed by atoms with van der Waals surface area (Å²) < 4.78 is 0. The number of nitrogens with zero attached hydrogens (tertiary/aromatic N) is 4. The van der Waals surface area contributed by atoms with Crippen LogP contribution >= 0.6 is 0 Å². The van der Waals surface area contributed by atoms with Crippen molar-refractivity contribution in [3.8, 4) is 5.75 Å². The number of piperazine rings is 1. The summed E-state index contributed by atoms with van der Waals surface area (Å²) in [6.07, 6.45) is 2.65. The van der Waals surface area contributed by atoms with Crippen molar-refractivity contribution in [2.75, 3.05) is 44.2 Å². The maximum absolute atomic E-state index is 12.6. The monoisotopic (exact) mass is 368 g/mol. The van der Waals surface area contributed by atoms with E-state index in [2.05, 4.69) is 14.8 Å². The van der Waals surface area contributed by atoms with Gasteiger partial charge in [0.05, 0.1) is 17.9 Å². The average molecular weight is 368 g/mol. The van der Waals surface area contributed by atoms with Crippen molar-refractivity contribution >= 4 is 11.7 Å². The Hall–Kier alpha value is -2.51. The van der Waals surface area contributed by atoms with Crippen LogP contribution in [0.2, 0.25) is 0 Å². The normalized spacial score (nSPS) is 20.6. The summed E-state index contributed by atoms with van der Waals surface area (Å²) in [6, 6.07) is 7.20. The van der Waals surface area contributed by atoms with Crippen LogP contribution < -0.4 is 4.90 Å². The van der Waals surface area contributed by atoms with Crippen molar-refractivity contribution in [1.29, 1.82) is 0 Å². The summed E-state index contributed by atoms with van der Waals surface area (Å²) in [5.74, 6) is 0.857. The third kappa shape index (κ3) is 3.65. The van der Waals surface area contributed by atoms with Crippen LogP contribution in [0.1, 0.15) is 34.0 Å². The molecule has 1 aliphatic carbocycles. The highest BCUT2D eigenvalue weighted by atomic mass is 16.3. The Morgan fingerprint density at radius 2 is 1.89 bits per heavy atom. The maximum atomic E-state index is 12.6. The second-order valence-corrected chi connectivity index (χ2v) is 7.17. The molecule has 0 saturated carbocycles. The van der Waals surface area contributed by atoms with E-state index in [1.54, 1.807) is 18.3 Å². The Bertz CT molecular complexity index is 834. The Balaban J connectivity index is 1.54. The SMILES string of the molecule is O=C1C[C@@H](c2ccccc2O)Cc2nc(N3CCN(CCO)CC3)ncc21. The lowest BCUT2D eigenvalue weighted by Gasteiger charge is -2.34. The summed E-state index contributed by atoms with van der Waals surface area (Å²) >= 11 is 0. The number of benzene rings is 1. The quantitative estimate of drug-likeness (QED) is 0.838. The molecule has 7 nitrogen and oxygen atoms in total. The Morgan fingerprint density at radius 3 is 2.63 bits per heavy atom. The number of carbonyl (C=O) groups excluding carboxylic acids is 1. The Kier molecular flexibility index (Phi) is 5.05. The van der Waals surface area contributed by atoms with Crippen molar-refractivity contribution in [2.45, 2.75) is 18.8 Å². The van der Waals surface area contributed by atoms with Crippen LogP contribution in [-0.4, -0.2) is 70.2 Å². The summed E-state index contributed by atoms with van der Waals surface area (Å²) in [6.45, 7) is 4.19. The number of anilines is 1. The number of phenols is 1. The molecule has 0 unspecified atom stereocenters. The first-order valence-electron chi connectivity index (χ1n) is 9.41. The van der Waals surface area contributed by atoms with E-state index in [4.69, 9.17) is 10.1 Å². The van der Waals surface area contributed by atoms with Gasteiger partial charge in [0.2, 0.25) is 5.95 Å².